The Morgan fingerprint density at radius 1 is 1.47 bits per heavy atom. The van der Waals surface area contributed by atoms with Crippen molar-refractivity contribution in [3.8, 4) is 0 Å². The molecule has 0 aliphatic carbocycles. The molecule has 3 nitrogen and oxygen atoms in total. The van der Waals surface area contributed by atoms with Crippen molar-refractivity contribution in [2.45, 2.75) is 46.2 Å². The third kappa shape index (κ3) is 3.50. The zero-order valence-corrected chi connectivity index (χ0v) is 11.9. The van der Waals surface area contributed by atoms with Gasteiger partial charge in [0.1, 0.15) is 5.01 Å². The summed E-state index contributed by atoms with van der Waals surface area (Å²) in [5.74, 6) is 0. The first kappa shape index (κ1) is 13.0. The van der Waals surface area contributed by atoms with Crippen molar-refractivity contribution in [2.24, 2.45) is 0 Å². The molecule has 1 aliphatic rings. The Bertz CT molecular complexity index is 340. The molecule has 4 heteroatoms. The van der Waals surface area contributed by atoms with Crippen molar-refractivity contribution in [1.82, 2.24) is 15.2 Å². The second-order valence-electron chi connectivity index (χ2n) is 4.92. The average Bonchev–Trinajstić information content (AvgIpc) is 2.59. The first-order chi connectivity index (χ1) is 8.19. The van der Waals surface area contributed by atoms with Crippen molar-refractivity contribution in [3.05, 3.63) is 15.6 Å². The Morgan fingerprint density at radius 3 is 2.94 bits per heavy atom. The standard InChI is InChI=1S/C13H23N3S/c1-4-5-12-8-16(7-6-14-12)9-13-15-10(2)11(3)17-13/h12,14H,4-9H2,1-3H3. The predicted octanol–water partition coefficient (Wildman–Crippen LogP) is 2.33. The summed E-state index contributed by atoms with van der Waals surface area (Å²) < 4.78 is 0. The summed E-state index contributed by atoms with van der Waals surface area (Å²) >= 11 is 1.85. The number of piperazine rings is 1. The molecule has 2 heterocycles. The number of rotatable bonds is 4. The van der Waals surface area contributed by atoms with E-state index in [-0.39, 0.29) is 0 Å². The quantitative estimate of drug-likeness (QED) is 0.892. The molecular formula is C13H23N3S. The second-order valence-corrected chi connectivity index (χ2v) is 6.21. The van der Waals surface area contributed by atoms with Crippen LogP contribution in [0.4, 0.5) is 0 Å². The second kappa shape index (κ2) is 5.94. The maximum atomic E-state index is 4.63. The lowest BCUT2D eigenvalue weighted by molar-refractivity contribution is 0.186. The molecule has 0 saturated carbocycles. The minimum Gasteiger partial charge on any atom is -0.311 e. The smallest absolute Gasteiger partial charge is 0.107 e. The van der Waals surface area contributed by atoms with E-state index in [0.717, 1.165) is 19.6 Å². The third-order valence-corrected chi connectivity index (χ3v) is 4.47. The van der Waals surface area contributed by atoms with E-state index in [2.05, 4.69) is 36.0 Å². The lowest BCUT2D eigenvalue weighted by Crippen LogP contribution is -2.50. The normalized spacial score (nSPS) is 21.9. The Balaban J connectivity index is 1.90. The third-order valence-electron chi connectivity index (χ3n) is 3.41. The molecule has 0 amide bonds. The number of aryl methyl sites for hydroxylation is 2. The minimum atomic E-state index is 0.677. The van der Waals surface area contributed by atoms with Gasteiger partial charge in [-0.05, 0) is 20.3 Å². The first-order valence-electron chi connectivity index (χ1n) is 6.57. The van der Waals surface area contributed by atoms with Crippen LogP contribution in [0.15, 0.2) is 0 Å². The van der Waals surface area contributed by atoms with E-state index < -0.39 is 0 Å². The van der Waals surface area contributed by atoms with Crippen molar-refractivity contribution < 1.29 is 0 Å². The van der Waals surface area contributed by atoms with Crippen LogP contribution in [0.1, 0.15) is 35.3 Å². The molecule has 1 N–H and O–H groups in total. The van der Waals surface area contributed by atoms with E-state index in [1.54, 1.807) is 0 Å². The van der Waals surface area contributed by atoms with E-state index in [1.165, 1.54) is 35.0 Å². The van der Waals surface area contributed by atoms with Gasteiger partial charge in [-0.3, -0.25) is 4.90 Å². The number of thiazole rings is 1. The summed E-state index contributed by atoms with van der Waals surface area (Å²) in [4.78, 5) is 8.53. The summed E-state index contributed by atoms with van der Waals surface area (Å²) in [6.07, 6.45) is 2.55. The number of aromatic nitrogens is 1. The van der Waals surface area contributed by atoms with Gasteiger partial charge in [-0.25, -0.2) is 4.98 Å². The zero-order valence-electron chi connectivity index (χ0n) is 11.1. The fraction of sp³-hybridized carbons (Fsp3) is 0.769. The molecule has 0 bridgehead atoms. The van der Waals surface area contributed by atoms with E-state index in [4.69, 9.17) is 0 Å². The summed E-state index contributed by atoms with van der Waals surface area (Å²) in [5, 5.41) is 4.87. The van der Waals surface area contributed by atoms with Crippen LogP contribution < -0.4 is 5.32 Å². The van der Waals surface area contributed by atoms with Gasteiger partial charge in [0.05, 0.1) is 12.2 Å². The number of hydrogen-bond acceptors (Lipinski definition) is 4. The van der Waals surface area contributed by atoms with Crippen LogP contribution in [-0.4, -0.2) is 35.6 Å². The van der Waals surface area contributed by atoms with E-state index >= 15 is 0 Å². The van der Waals surface area contributed by atoms with Gasteiger partial charge in [0, 0.05) is 30.6 Å². The molecule has 1 aliphatic heterocycles. The Labute approximate surface area is 108 Å². The lowest BCUT2D eigenvalue weighted by Gasteiger charge is -2.33. The summed E-state index contributed by atoms with van der Waals surface area (Å²) in [6.45, 7) is 11.0. The van der Waals surface area contributed by atoms with E-state index in [0.29, 0.717) is 6.04 Å². The van der Waals surface area contributed by atoms with Crippen LogP contribution in [0, 0.1) is 13.8 Å². The molecule has 1 fully saturated rings. The van der Waals surface area contributed by atoms with Gasteiger partial charge in [0.15, 0.2) is 0 Å². The van der Waals surface area contributed by atoms with Gasteiger partial charge in [0.25, 0.3) is 0 Å². The Hall–Kier alpha value is -0.450. The fourth-order valence-electron chi connectivity index (χ4n) is 2.38. The number of nitrogens with one attached hydrogen (secondary N) is 1. The van der Waals surface area contributed by atoms with E-state index in [1.807, 2.05) is 11.3 Å². The lowest BCUT2D eigenvalue weighted by atomic mass is 10.1. The zero-order chi connectivity index (χ0) is 12.3. The molecular weight excluding hydrogens is 230 g/mol. The van der Waals surface area contributed by atoms with E-state index in [9.17, 15) is 0 Å². The molecule has 1 unspecified atom stereocenters. The maximum absolute atomic E-state index is 4.63. The topological polar surface area (TPSA) is 28.2 Å². The van der Waals surface area contributed by atoms with Crippen LogP contribution >= 0.6 is 11.3 Å². The average molecular weight is 253 g/mol. The van der Waals surface area contributed by atoms with Crippen molar-refractivity contribution in [1.29, 1.82) is 0 Å². The predicted molar refractivity (Wildman–Crippen MR) is 73.6 cm³/mol. The molecule has 1 aromatic heterocycles. The molecule has 0 radical (unpaired) electrons. The van der Waals surface area contributed by atoms with Crippen molar-refractivity contribution in [3.63, 3.8) is 0 Å². The van der Waals surface area contributed by atoms with Gasteiger partial charge < -0.3 is 5.32 Å². The Morgan fingerprint density at radius 2 is 2.29 bits per heavy atom. The summed E-state index contributed by atoms with van der Waals surface area (Å²) in [5.41, 5.74) is 1.20. The monoisotopic (exact) mass is 253 g/mol. The molecule has 96 valence electrons. The molecule has 2 rings (SSSR count). The van der Waals surface area contributed by atoms with Gasteiger partial charge in [-0.2, -0.15) is 0 Å². The highest BCUT2D eigenvalue weighted by atomic mass is 32.1. The molecule has 1 atom stereocenters. The summed E-state index contributed by atoms with van der Waals surface area (Å²) in [7, 11) is 0. The SMILES string of the molecule is CCCC1CN(Cc2nc(C)c(C)s2)CCN1. The maximum Gasteiger partial charge on any atom is 0.107 e. The number of hydrogen-bond donors (Lipinski definition) is 1. The highest BCUT2D eigenvalue weighted by Gasteiger charge is 2.19. The number of nitrogens with zero attached hydrogens (tertiary/aromatic N) is 2. The molecule has 17 heavy (non-hydrogen) atoms. The minimum absolute atomic E-state index is 0.677. The fourth-order valence-corrected chi connectivity index (χ4v) is 3.35. The van der Waals surface area contributed by atoms with Crippen LogP contribution in [0.5, 0.6) is 0 Å². The highest BCUT2D eigenvalue weighted by molar-refractivity contribution is 7.11. The van der Waals surface area contributed by atoms with Crippen molar-refractivity contribution >= 4 is 11.3 Å². The molecule has 0 spiro atoms. The van der Waals surface area contributed by atoms with Crippen LogP contribution in [0.25, 0.3) is 0 Å². The van der Waals surface area contributed by atoms with Crippen LogP contribution in [0.3, 0.4) is 0 Å². The van der Waals surface area contributed by atoms with Gasteiger partial charge in [-0.15, -0.1) is 11.3 Å². The van der Waals surface area contributed by atoms with Crippen LogP contribution in [0.2, 0.25) is 0 Å². The Kier molecular flexibility index (Phi) is 4.54. The molecule has 1 saturated heterocycles. The summed E-state index contributed by atoms with van der Waals surface area (Å²) in [6, 6.07) is 0.677. The van der Waals surface area contributed by atoms with Gasteiger partial charge in [0.2, 0.25) is 0 Å². The largest absolute Gasteiger partial charge is 0.311 e. The van der Waals surface area contributed by atoms with Gasteiger partial charge in [-0.1, -0.05) is 13.3 Å². The van der Waals surface area contributed by atoms with Crippen LogP contribution in [-0.2, 0) is 6.54 Å². The van der Waals surface area contributed by atoms with Crippen molar-refractivity contribution in [2.75, 3.05) is 19.6 Å². The first-order valence-corrected chi connectivity index (χ1v) is 7.39. The highest BCUT2D eigenvalue weighted by Crippen LogP contribution is 2.19. The van der Waals surface area contributed by atoms with Gasteiger partial charge >= 0.3 is 0 Å². The molecule has 0 aromatic carbocycles. The molecule has 1 aromatic rings.